The molecule has 2 amide bonds. The summed E-state index contributed by atoms with van der Waals surface area (Å²) < 4.78 is 1.55. The van der Waals surface area contributed by atoms with E-state index in [2.05, 4.69) is 16.0 Å². The van der Waals surface area contributed by atoms with Gasteiger partial charge in [0.05, 0.1) is 5.69 Å². The highest BCUT2D eigenvalue weighted by atomic mass is 35.5. The number of carbonyl (C=O) groups excluding carboxylic acids is 2. The van der Waals surface area contributed by atoms with Gasteiger partial charge in [-0.15, -0.1) is 11.6 Å². The molecular formula is C9H13ClN4O2. The summed E-state index contributed by atoms with van der Waals surface area (Å²) in [7, 11) is 0. The quantitative estimate of drug-likeness (QED) is 0.575. The first-order chi connectivity index (χ1) is 7.52. The summed E-state index contributed by atoms with van der Waals surface area (Å²) in [6.45, 7) is 3.75. The van der Waals surface area contributed by atoms with Crippen LogP contribution in [0.3, 0.4) is 0 Å². The van der Waals surface area contributed by atoms with Crippen molar-refractivity contribution in [3.63, 3.8) is 0 Å². The van der Waals surface area contributed by atoms with Crippen LogP contribution in [-0.4, -0.2) is 27.5 Å². The summed E-state index contributed by atoms with van der Waals surface area (Å²) in [5, 5.41) is 4.11. The summed E-state index contributed by atoms with van der Waals surface area (Å²) in [5.74, 6) is -1.01. The SMILES string of the molecule is Cc1cc(C)n(CC(=O)NNC(=O)CCl)n1. The Balaban J connectivity index is 2.46. The van der Waals surface area contributed by atoms with Crippen molar-refractivity contribution in [2.45, 2.75) is 20.4 Å². The van der Waals surface area contributed by atoms with E-state index in [-0.39, 0.29) is 18.3 Å². The molecule has 0 atom stereocenters. The topological polar surface area (TPSA) is 76.0 Å². The van der Waals surface area contributed by atoms with Crippen LogP contribution < -0.4 is 10.9 Å². The van der Waals surface area contributed by atoms with E-state index in [4.69, 9.17) is 11.6 Å². The molecule has 0 saturated heterocycles. The van der Waals surface area contributed by atoms with Crippen molar-refractivity contribution in [2.75, 3.05) is 5.88 Å². The van der Waals surface area contributed by atoms with E-state index in [1.165, 1.54) is 0 Å². The molecule has 6 nitrogen and oxygen atoms in total. The van der Waals surface area contributed by atoms with E-state index in [9.17, 15) is 9.59 Å². The second-order valence-corrected chi connectivity index (χ2v) is 3.58. The number of aryl methyl sites for hydroxylation is 2. The number of amides is 2. The Morgan fingerprint density at radius 3 is 2.50 bits per heavy atom. The number of alkyl halides is 1. The molecule has 1 aromatic rings. The van der Waals surface area contributed by atoms with Gasteiger partial charge in [-0.3, -0.25) is 25.1 Å². The summed E-state index contributed by atoms with van der Waals surface area (Å²) in [6, 6.07) is 1.87. The fourth-order valence-electron chi connectivity index (χ4n) is 1.18. The molecule has 0 saturated carbocycles. The second-order valence-electron chi connectivity index (χ2n) is 3.31. The minimum atomic E-state index is -0.455. The average molecular weight is 245 g/mol. The first-order valence-electron chi connectivity index (χ1n) is 4.67. The third-order valence-electron chi connectivity index (χ3n) is 1.86. The Kier molecular flexibility index (Phi) is 4.30. The summed E-state index contributed by atoms with van der Waals surface area (Å²) >= 11 is 5.24. The highest BCUT2D eigenvalue weighted by Gasteiger charge is 2.07. The van der Waals surface area contributed by atoms with Gasteiger partial charge in [0.1, 0.15) is 12.4 Å². The van der Waals surface area contributed by atoms with Crippen molar-refractivity contribution in [2.24, 2.45) is 0 Å². The maximum absolute atomic E-state index is 11.4. The molecule has 0 radical (unpaired) electrons. The maximum Gasteiger partial charge on any atom is 0.260 e. The van der Waals surface area contributed by atoms with E-state index in [0.29, 0.717) is 0 Å². The molecule has 0 spiro atoms. The molecule has 0 unspecified atom stereocenters. The van der Waals surface area contributed by atoms with Crippen LogP contribution in [0.4, 0.5) is 0 Å². The molecule has 0 bridgehead atoms. The molecular weight excluding hydrogens is 232 g/mol. The van der Waals surface area contributed by atoms with Gasteiger partial charge in [0.25, 0.3) is 11.8 Å². The van der Waals surface area contributed by atoms with Crippen LogP contribution in [0.1, 0.15) is 11.4 Å². The van der Waals surface area contributed by atoms with Crippen molar-refractivity contribution in [1.82, 2.24) is 20.6 Å². The molecule has 0 fully saturated rings. The summed E-state index contributed by atoms with van der Waals surface area (Å²) in [4.78, 5) is 22.1. The number of rotatable bonds is 3. The van der Waals surface area contributed by atoms with Gasteiger partial charge in [-0.2, -0.15) is 5.10 Å². The van der Waals surface area contributed by atoms with Crippen LogP contribution >= 0.6 is 11.6 Å². The summed E-state index contributed by atoms with van der Waals surface area (Å²) in [6.07, 6.45) is 0. The van der Waals surface area contributed by atoms with Crippen LogP contribution in [0.25, 0.3) is 0 Å². The standard InChI is InChI=1S/C9H13ClN4O2/c1-6-3-7(2)14(13-6)5-9(16)12-11-8(15)4-10/h3H,4-5H2,1-2H3,(H,11,15)(H,12,16). The maximum atomic E-state index is 11.4. The third-order valence-corrected chi connectivity index (χ3v) is 2.10. The Bertz CT molecular complexity index is 402. The lowest BCUT2D eigenvalue weighted by atomic mass is 10.4. The first kappa shape index (κ1) is 12.5. The van der Waals surface area contributed by atoms with Crippen molar-refractivity contribution < 1.29 is 9.59 Å². The van der Waals surface area contributed by atoms with Gasteiger partial charge >= 0.3 is 0 Å². The molecule has 1 rings (SSSR count). The fourth-order valence-corrected chi connectivity index (χ4v) is 1.25. The molecule has 16 heavy (non-hydrogen) atoms. The molecule has 88 valence electrons. The van der Waals surface area contributed by atoms with Crippen LogP contribution in [0.5, 0.6) is 0 Å². The van der Waals surface area contributed by atoms with Gasteiger partial charge in [-0.1, -0.05) is 0 Å². The van der Waals surface area contributed by atoms with Gasteiger partial charge in [0.2, 0.25) is 0 Å². The van der Waals surface area contributed by atoms with E-state index in [1.807, 2.05) is 19.9 Å². The van der Waals surface area contributed by atoms with Crippen LogP contribution in [0.2, 0.25) is 0 Å². The Morgan fingerprint density at radius 2 is 2.00 bits per heavy atom. The van der Waals surface area contributed by atoms with E-state index >= 15 is 0 Å². The predicted octanol–water partition coefficient (Wildman–Crippen LogP) is -0.114. The molecule has 0 aliphatic rings. The molecule has 1 aromatic heterocycles. The van der Waals surface area contributed by atoms with Gasteiger partial charge in [0, 0.05) is 5.69 Å². The van der Waals surface area contributed by atoms with Gasteiger partial charge in [0.15, 0.2) is 0 Å². The molecule has 1 heterocycles. The highest BCUT2D eigenvalue weighted by Crippen LogP contribution is 2.00. The van der Waals surface area contributed by atoms with E-state index in [1.54, 1.807) is 4.68 Å². The van der Waals surface area contributed by atoms with Crippen molar-refractivity contribution in [1.29, 1.82) is 0 Å². The third kappa shape index (κ3) is 3.54. The molecule has 0 aliphatic carbocycles. The van der Waals surface area contributed by atoms with Gasteiger partial charge in [-0.25, -0.2) is 0 Å². The van der Waals surface area contributed by atoms with Gasteiger partial charge in [-0.05, 0) is 19.9 Å². The zero-order valence-corrected chi connectivity index (χ0v) is 9.84. The lowest BCUT2D eigenvalue weighted by Gasteiger charge is -2.06. The molecule has 2 N–H and O–H groups in total. The van der Waals surface area contributed by atoms with E-state index < -0.39 is 5.91 Å². The normalized spacial score (nSPS) is 9.94. The smallest absolute Gasteiger partial charge is 0.260 e. The lowest BCUT2D eigenvalue weighted by Crippen LogP contribution is -2.43. The zero-order valence-electron chi connectivity index (χ0n) is 9.08. The number of hydrogen-bond acceptors (Lipinski definition) is 3. The minimum absolute atomic E-state index is 0.0578. The summed E-state index contributed by atoms with van der Waals surface area (Å²) in [5.41, 5.74) is 6.13. The van der Waals surface area contributed by atoms with Crippen LogP contribution in [0.15, 0.2) is 6.07 Å². The van der Waals surface area contributed by atoms with Crippen LogP contribution in [-0.2, 0) is 16.1 Å². The van der Waals surface area contributed by atoms with Crippen molar-refractivity contribution >= 4 is 23.4 Å². The number of nitrogens with zero attached hydrogens (tertiary/aromatic N) is 2. The number of hydrogen-bond donors (Lipinski definition) is 2. The first-order valence-corrected chi connectivity index (χ1v) is 5.21. The number of hydrazine groups is 1. The monoisotopic (exact) mass is 244 g/mol. The number of nitrogens with one attached hydrogen (secondary N) is 2. The fraction of sp³-hybridized carbons (Fsp3) is 0.444. The average Bonchev–Trinajstić information content (AvgIpc) is 2.54. The highest BCUT2D eigenvalue weighted by molar-refractivity contribution is 6.27. The van der Waals surface area contributed by atoms with Crippen molar-refractivity contribution in [3.8, 4) is 0 Å². The second kappa shape index (κ2) is 5.50. The Hall–Kier alpha value is -1.56. The van der Waals surface area contributed by atoms with Gasteiger partial charge < -0.3 is 0 Å². The van der Waals surface area contributed by atoms with E-state index in [0.717, 1.165) is 11.4 Å². The molecule has 0 aromatic carbocycles. The lowest BCUT2D eigenvalue weighted by molar-refractivity contribution is -0.128. The van der Waals surface area contributed by atoms with Crippen LogP contribution in [0, 0.1) is 13.8 Å². The zero-order chi connectivity index (χ0) is 12.1. The number of carbonyl (C=O) groups is 2. The molecule has 7 heteroatoms. The Labute approximate surface area is 97.9 Å². The molecule has 0 aliphatic heterocycles. The number of halogens is 1. The Morgan fingerprint density at radius 1 is 1.38 bits per heavy atom. The minimum Gasteiger partial charge on any atom is -0.272 e. The van der Waals surface area contributed by atoms with Crippen molar-refractivity contribution in [3.05, 3.63) is 17.5 Å². The predicted molar refractivity (Wildman–Crippen MR) is 58.7 cm³/mol. The number of aromatic nitrogens is 2. The largest absolute Gasteiger partial charge is 0.272 e.